The molecule has 2 N–H and O–H groups in total. The van der Waals surface area contributed by atoms with E-state index in [-0.39, 0.29) is 12.1 Å². The Hall–Kier alpha value is 0.950. The molecule has 0 atom stereocenters. The SMILES string of the molecule is N/C(=C\C(=O)C(Cl)(Cl)Cl)CC(Cl)(Cl)Cl. The summed E-state index contributed by atoms with van der Waals surface area (Å²) in [6, 6.07) is 0. The first-order valence-corrected chi connectivity index (χ1v) is 5.43. The Balaban J connectivity index is 4.47. The molecule has 0 unspecified atom stereocenters. The lowest BCUT2D eigenvalue weighted by Gasteiger charge is -2.11. The minimum atomic E-state index is -2.04. The highest BCUT2D eigenvalue weighted by Crippen LogP contribution is 2.33. The zero-order chi connectivity index (χ0) is 11.6. The molecule has 0 heterocycles. The summed E-state index contributed by atoms with van der Waals surface area (Å²) in [5.41, 5.74) is 5.40. The number of carbonyl (C=O) groups is 1. The molecular formula is C6H5Cl6NO. The van der Waals surface area contributed by atoms with E-state index in [2.05, 4.69) is 0 Å². The first-order valence-electron chi connectivity index (χ1n) is 3.16. The Bertz CT molecular complexity index is 250. The van der Waals surface area contributed by atoms with E-state index in [9.17, 15) is 4.79 Å². The van der Waals surface area contributed by atoms with Crippen molar-refractivity contribution in [1.29, 1.82) is 0 Å². The number of ketones is 1. The Morgan fingerprint density at radius 3 is 1.86 bits per heavy atom. The molecule has 0 aromatic heterocycles. The van der Waals surface area contributed by atoms with Crippen LogP contribution < -0.4 is 5.73 Å². The topological polar surface area (TPSA) is 43.1 Å². The number of halogens is 6. The van der Waals surface area contributed by atoms with Gasteiger partial charge in [0.05, 0.1) is 0 Å². The molecule has 0 spiro atoms. The highest BCUT2D eigenvalue weighted by atomic mass is 35.6. The van der Waals surface area contributed by atoms with Gasteiger partial charge in [0, 0.05) is 18.2 Å². The predicted molar refractivity (Wildman–Crippen MR) is 62.5 cm³/mol. The molecule has 0 aliphatic carbocycles. The quantitative estimate of drug-likeness (QED) is 0.625. The maximum absolute atomic E-state index is 11.1. The fourth-order valence-electron chi connectivity index (χ4n) is 0.533. The Morgan fingerprint density at radius 2 is 1.57 bits per heavy atom. The molecule has 0 rings (SSSR count). The highest BCUT2D eigenvalue weighted by Gasteiger charge is 2.29. The maximum atomic E-state index is 11.1. The third kappa shape index (κ3) is 7.27. The van der Waals surface area contributed by atoms with Gasteiger partial charge >= 0.3 is 0 Å². The number of hydrogen-bond acceptors (Lipinski definition) is 2. The average Bonchev–Trinajstić information content (AvgIpc) is 1.79. The van der Waals surface area contributed by atoms with Gasteiger partial charge in [0.1, 0.15) is 0 Å². The highest BCUT2D eigenvalue weighted by molar-refractivity contribution is 6.77. The normalized spacial score (nSPS) is 14.3. The molecule has 0 aliphatic rings. The van der Waals surface area contributed by atoms with Gasteiger partial charge in [0.15, 0.2) is 3.79 Å². The fraction of sp³-hybridized carbons (Fsp3) is 0.500. The van der Waals surface area contributed by atoms with Gasteiger partial charge in [0.2, 0.25) is 5.78 Å². The summed E-state index contributed by atoms with van der Waals surface area (Å²) < 4.78 is -3.62. The third-order valence-corrected chi connectivity index (χ3v) is 1.96. The molecule has 0 radical (unpaired) electrons. The van der Waals surface area contributed by atoms with Crippen molar-refractivity contribution in [3.8, 4) is 0 Å². The number of allylic oxidation sites excluding steroid dienone is 2. The van der Waals surface area contributed by atoms with Gasteiger partial charge < -0.3 is 5.73 Å². The number of carbonyl (C=O) groups excluding carboxylic acids is 1. The van der Waals surface area contributed by atoms with Crippen LogP contribution in [0.15, 0.2) is 11.8 Å². The predicted octanol–water partition coefficient (Wildman–Crippen LogP) is 3.53. The van der Waals surface area contributed by atoms with E-state index in [0.717, 1.165) is 6.08 Å². The van der Waals surface area contributed by atoms with Gasteiger partial charge in [-0.1, -0.05) is 69.6 Å². The summed E-state index contributed by atoms with van der Waals surface area (Å²) in [7, 11) is 0. The molecule has 0 fully saturated rings. The Kier molecular flexibility index (Phi) is 5.69. The zero-order valence-corrected chi connectivity index (χ0v) is 11.1. The largest absolute Gasteiger partial charge is 0.402 e. The van der Waals surface area contributed by atoms with Gasteiger partial charge in [-0.05, 0) is 0 Å². The number of nitrogens with two attached hydrogens (primary N) is 1. The molecule has 8 heteroatoms. The van der Waals surface area contributed by atoms with Gasteiger partial charge in [0.25, 0.3) is 3.79 Å². The van der Waals surface area contributed by atoms with Gasteiger partial charge in [-0.15, -0.1) is 0 Å². The lowest BCUT2D eigenvalue weighted by Crippen LogP contribution is -2.19. The summed E-state index contributed by atoms with van der Waals surface area (Å²) in [5.74, 6) is -0.783. The number of hydrogen-bond donors (Lipinski definition) is 1. The summed E-state index contributed by atoms with van der Waals surface area (Å²) >= 11 is 32.1. The van der Waals surface area contributed by atoms with Crippen LogP contribution in [0, 0.1) is 0 Å². The molecule has 0 aromatic rings. The minimum absolute atomic E-state index is 0.0290. The summed E-state index contributed by atoms with van der Waals surface area (Å²) in [6.07, 6.45) is 0.805. The van der Waals surface area contributed by atoms with Gasteiger partial charge in [-0.25, -0.2) is 0 Å². The second kappa shape index (κ2) is 5.33. The van der Waals surface area contributed by atoms with Crippen LogP contribution >= 0.6 is 69.6 Å². The summed E-state index contributed by atoms with van der Waals surface area (Å²) in [6.45, 7) is 0. The van der Waals surface area contributed by atoms with E-state index in [1.165, 1.54) is 0 Å². The molecule has 0 amide bonds. The monoisotopic (exact) mass is 317 g/mol. The Morgan fingerprint density at radius 1 is 1.14 bits per heavy atom. The zero-order valence-electron chi connectivity index (χ0n) is 6.54. The van der Waals surface area contributed by atoms with Crippen molar-refractivity contribution in [3.63, 3.8) is 0 Å². The first-order chi connectivity index (χ1) is 6.02. The summed E-state index contributed by atoms with van der Waals surface area (Å²) in [4.78, 5) is 11.1. The van der Waals surface area contributed by atoms with Gasteiger partial charge in [-0.2, -0.15) is 0 Å². The van der Waals surface area contributed by atoms with Crippen molar-refractivity contribution in [2.24, 2.45) is 5.73 Å². The standard InChI is InChI=1S/C6H5Cl6NO/c7-5(8,9)2-3(13)1-4(14)6(10,11)12/h1H,2,13H2/b3-1-. The van der Waals surface area contributed by atoms with Crippen LogP contribution in [0.2, 0.25) is 0 Å². The van der Waals surface area contributed by atoms with Crippen molar-refractivity contribution < 1.29 is 4.79 Å². The van der Waals surface area contributed by atoms with E-state index in [1.807, 2.05) is 0 Å². The lowest BCUT2D eigenvalue weighted by atomic mass is 10.3. The third-order valence-electron chi connectivity index (χ3n) is 1.00. The molecule has 0 aliphatic heterocycles. The Labute approximate surface area is 111 Å². The van der Waals surface area contributed by atoms with Crippen molar-refractivity contribution in [1.82, 2.24) is 0 Å². The number of rotatable bonds is 2. The van der Waals surface area contributed by atoms with Crippen molar-refractivity contribution in [2.45, 2.75) is 14.0 Å². The second-order valence-corrected chi connectivity index (χ2v) is 7.17. The van der Waals surface area contributed by atoms with E-state index >= 15 is 0 Å². The van der Waals surface area contributed by atoms with Crippen LogP contribution in [0.1, 0.15) is 6.42 Å². The van der Waals surface area contributed by atoms with Crippen molar-refractivity contribution in [3.05, 3.63) is 11.8 Å². The van der Waals surface area contributed by atoms with Gasteiger partial charge in [-0.3, -0.25) is 4.79 Å². The lowest BCUT2D eigenvalue weighted by molar-refractivity contribution is -0.113. The van der Waals surface area contributed by atoms with Crippen LogP contribution in [-0.4, -0.2) is 13.4 Å². The van der Waals surface area contributed by atoms with Crippen LogP contribution in [0.3, 0.4) is 0 Å². The van der Waals surface area contributed by atoms with Crippen molar-refractivity contribution >= 4 is 75.4 Å². The van der Waals surface area contributed by atoms with E-state index in [1.54, 1.807) is 0 Å². The molecule has 0 aromatic carbocycles. The molecule has 0 saturated carbocycles. The van der Waals surface area contributed by atoms with E-state index in [0.29, 0.717) is 0 Å². The van der Waals surface area contributed by atoms with Crippen LogP contribution in [0.25, 0.3) is 0 Å². The first kappa shape index (κ1) is 14.9. The molecule has 0 saturated heterocycles. The molecule has 0 bridgehead atoms. The van der Waals surface area contributed by atoms with E-state index in [4.69, 9.17) is 75.3 Å². The van der Waals surface area contributed by atoms with Crippen molar-refractivity contribution in [2.75, 3.05) is 0 Å². The minimum Gasteiger partial charge on any atom is -0.402 e. The summed E-state index contributed by atoms with van der Waals surface area (Å²) in [5, 5.41) is 0. The van der Waals surface area contributed by atoms with Crippen LogP contribution in [0.4, 0.5) is 0 Å². The van der Waals surface area contributed by atoms with Crippen LogP contribution in [-0.2, 0) is 4.79 Å². The average molecular weight is 320 g/mol. The second-order valence-electron chi connectivity index (χ2n) is 2.37. The molecule has 14 heavy (non-hydrogen) atoms. The molecular weight excluding hydrogens is 315 g/mol. The fourth-order valence-corrected chi connectivity index (χ4v) is 1.16. The number of alkyl halides is 6. The smallest absolute Gasteiger partial charge is 0.252 e. The maximum Gasteiger partial charge on any atom is 0.252 e. The molecule has 82 valence electrons. The van der Waals surface area contributed by atoms with E-state index < -0.39 is 13.4 Å². The van der Waals surface area contributed by atoms with Crippen LogP contribution in [0.5, 0.6) is 0 Å². The molecule has 2 nitrogen and oxygen atoms in total.